The molecule has 0 aromatic rings. The molecule has 1 atom stereocenters. The summed E-state index contributed by atoms with van der Waals surface area (Å²) in [6.45, 7) is 0.721. The fourth-order valence-electron chi connectivity index (χ4n) is 1.35. The summed E-state index contributed by atoms with van der Waals surface area (Å²) in [5, 5.41) is 8.60. The van der Waals surface area contributed by atoms with Crippen LogP contribution in [-0.4, -0.2) is 47.0 Å². The van der Waals surface area contributed by atoms with Crippen molar-refractivity contribution in [2.24, 2.45) is 0 Å². The summed E-state index contributed by atoms with van der Waals surface area (Å²) >= 11 is 0. The topological polar surface area (TPSA) is 20.2 Å². The zero-order valence-electron chi connectivity index (χ0n) is 11.4. The van der Waals surface area contributed by atoms with Gasteiger partial charge in [-0.1, -0.05) is 0 Å². The van der Waals surface area contributed by atoms with Gasteiger partial charge in [0.25, 0.3) is 0 Å². The maximum Gasteiger partial charge on any atom is 0.460 e. The van der Waals surface area contributed by atoms with Crippen molar-refractivity contribution in [1.82, 2.24) is 0 Å². The van der Waals surface area contributed by atoms with E-state index in [0.717, 1.165) is 6.92 Å². The van der Waals surface area contributed by atoms with Gasteiger partial charge in [-0.3, -0.25) is 0 Å². The molecule has 0 bridgehead atoms. The third-order valence-electron chi connectivity index (χ3n) is 2.87. The second-order valence-electron chi connectivity index (χ2n) is 4.89. The molecule has 0 radical (unpaired) electrons. The SMILES string of the molecule is CC(O)CCC(F)(F)C(F)(F)C(F)(F)C(F)(F)C(F)(F)C(F)(F)F. The van der Waals surface area contributed by atoms with E-state index < -0.39 is 54.7 Å². The Morgan fingerprint density at radius 2 is 0.958 bits per heavy atom. The lowest BCUT2D eigenvalue weighted by Crippen LogP contribution is -2.70. The van der Waals surface area contributed by atoms with Gasteiger partial charge in [0.1, 0.15) is 0 Å². The van der Waals surface area contributed by atoms with Crippen molar-refractivity contribution in [3.8, 4) is 0 Å². The van der Waals surface area contributed by atoms with Gasteiger partial charge in [-0.05, 0) is 13.3 Å². The van der Waals surface area contributed by atoms with Gasteiger partial charge in [0, 0.05) is 6.42 Å². The fraction of sp³-hybridized carbons (Fsp3) is 1.00. The van der Waals surface area contributed by atoms with Gasteiger partial charge in [0.2, 0.25) is 0 Å². The van der Waals surface area contributed by atoms with Crippen LogP contribution in [0, 0.1) is 0 Å². The third-order valence-corrected chi connectivity index (χ3v) is 2.87. The Labute approximate surface area is 125 Å². The molecule has 0 aliphatic rings. The van der Waals surface area contributed by atoms with Gasteiger partial charge in [-0.15, -0.1) is 0 Å². The minimum Gasteiger partial charge on any atom is -0.393 e. The monoisotopic (exact) mass is 392 g/mol. The molecule has 1 unspecified atom stereocenters. The van der Waals surface area contributed by atoms with Crippen molar-refractivity contribution < 1.29 is 62.2 Å². The highest BCUT2D eigenvalue weighted by atomic mass is 19.4. The predicted molar refractivity (Wildman–Crippen MR) is 51.7 cm³/mol. The maximum atomic E-state index is 13.1. The van der Waals surface area contributed by atoms with Gasteiger partial charge >= 0.3 is 35.8 Å². The number of halogens is 13. The molecule has 1 nitrogen and oxygen atoms in total. The van der Waals surface area contributed by atoms with Gasteiger partial charge in [-0.2, -0.15) is 57.1 Å². The molecular weight excluding hydrogens is 383 g/mol. The third kappa shape index (κ3) is 3.38. The first kappa shape index (κ1) is 23.1. The Morgan fingerprint density at radius 1 is 0.625 bits per heavy atom. The molecule has 0 amide bonds. The second-order valence-corrected chi connectivity index (χ2v) is 4.89. The summed E-state index contributed by atoms with van der Waals surface area (Å²) in [6.07, 6.45) is -12.9. The first-order chi connectivity index (χ1) is 10.2. The summed E-state index contributed by atoms with van der Waals surface area (Å²) in [6, 6.07) is 0. The van der Waals surface area contributed by atoms with Crippen molar-refractivity contribution in [3.63, 3.8) is 0 Å². The lowest BCUT2D eigenvalue weighted by atomic mass is 9.91. The highest BCUT2D eigenvalue weighted by Gasteiger charge is 2.90. The van der Waals surface area contributed by atoms with Gasteiger partial charge in [0.15, 0.2) is 0 Å². The van der Waals surface area contributed by atoms with Gasteiger partial charge in [0.05, 0.1) is 6.10 Å². The molecule has 146 valence electrons. The quantitative estimate of drug-likeness (QED) is 0.612. The molecule has 0 aliphatic carbocycles. The zero-order chi connectivity index (χ0) is 20.0. The van der Waals surface area contributed by atoms with Crippen LogP contribution in [-0.2, 0) is 0 Å². The molecule has 0 aromatic heterocycles. The molecule has 0 aliphatic heterocycles. The van der Waals surface area contributed by atoms with Crippen LogP contribution in [0.2, 0.25) is 0 Å². The van der Waals surface area contributed by atoms with Crippen molar-refractivity contribution in [2.45, 2.75) is 61.7 Å². The standard InChI is InChI=1S/C10H9F13O/c1-4(24)2-3-5(11,12)6(13,14)7(15,16)8(17,18)9(19,20)10(21,22)23/h4,24H,2-3H2,1H3. The number of hydrogen-bond acceptors (Lipinski definition) is 1. The second kappa shape index (κ2) is 6.09. The van der Waals surface area contributed by atoms with Gasteiger partial charge in [-0.25, -0.2) is 0 Å². The Morgan fingerprint density at radius 3 is 1.25 bits per heavy atom. The molecule has 0 rings (SSSR count). The Kier molecular flexibility index (Phi) is 5.85. The first-order valence-corrected chi connectivity index (χ1v) is 5.80. The molecule has 1 N–H and O–H groups in total. The predicted octanol–water partition coefficient (Wildman–Crippen LogP) is 4.89. The smallest absolute Gasteiger partial charge is 0.393 e. The van der Waals surface area contributed by atoms with Crippen LogP contribution in [0.15, 0.2) is 0 Å². The highest BCUT2D eigenvalue weighted by Crippen LogP contribution is 2.60. The zero-order valence-corrected chi connectivity index (χ0v) is 11.4. The number of alkyl halides is 13. The van der Waals surface area contributed by atoms with Crippen LogP contribution in [0.25, 0.3) is 0 Å². The number of rotatable bonds is 7. The first-order valence-electron chi connectivity index (χ1n) is 5.80. The van der Waals surface area contributed by atoms with Crippen LogP contribution < -0.4 is 0 Å². The van der Waals surface area contributed by atoms with Crippen molar-refractivity contribution in [1.29, 1.82) is 0 Å². The molecule has 14 heteroatoms. The minimum atomic E-state index is -7.88. The summed E-state index contributed by atoms with van der Waals surface area (Å²) in [7, 11) is 0. The average molecular weight is 392 g/mol. The Hall–Kier alpha value is -0.950. The average Bonchev–Trinajstić information content (AvgIpc) is 2.34. The Bertz CT molecular complexity index is 437. The number of hydrogen-bond donors (Lipinski definition) is 1. The molecule has 0 saturated carbocycles. The van der Waals surface area contributed by atoms with Crippen LogP contribution in [0.1, 0.15) is 19.8 Å². The van der Waals surface area contributed by atoms with Crippen molar-refractivity contribution in [2.75, 3.05) is 0 Å². The lowest BCUT2D eigenvalue weighted by Gasteiger charge is -2.39. The molecule has 0 spiro atoms. The largest absolute Gasteiger partial charge is 0.460 e. The fourth-order valence-corrected chi connectivity index (χ4v) is 1.35. The van der Waals surface area contributed by atoms with E-state index in [1.165, 1.54) is 0 Å². The minimum absolute atomic E-state index is 0.721. The van der Waals surface area contributed by atoms with Crippen LogP contribution in [0.3, 0.4) is 0 Å². The lowest BCUT2D eigenvalue weighted by molar-refractivity contribution is -0.440. The van der Waals surface area contributed by atoms with E-state index in [4.69, 9.17) is 5.11 Å². The van der Waals surface area contributed by atoms with E-state index in [1.54, 1.807) is 0 Å². The molecule has 0 fully saturated rings. The van der Waals surface area contributed by atoms with E-state index in [2.05, 4.69) is 0 Å². The van der Waals surface area contributed by atoms with E-state index in [1.807, 2.05) is 0 Å². The summed E-state index contributed by atoms with van der Waals surface area (Å²) < 4.78 is 164. The number of aliphatic hydroxyl groups is 1. The summed E-state index contributed by atoms with van der Waals surface area (Å²) in [4.78, 5) is 0. The molecule has 0 saturated heterocycles. The Balaban J connectivity index is 6.01. The van der Waals surface area contributed by atoms with Crippen molar-refractivity contribution in [3.05, 3.63) is 0 Å². The summed E-state index contributed by atoms with van der Waals surface area (Å²) in [5.41, 5.74) is 0. The van der Waals surface area contributed by atoms with E-state index >= 15 is 0 Å². The van der Waals surface area contributed by atoms with E-state index in [-0.39, 0.29) is 0 Å². The maximum absolute atomic E-state index is 13.1. The van der Waals surface area contributed by atoms with Crippen LogP contribution in [0.5, 0.6) is 0 Å². The highest BCUT2D eigenvalue weighted by molar-refractivity contribution is 5.10. The van der Waals surface area contributed by atoms with E-state index in [0.29, 0.717) is 0 Å². The van der Waals surface area contributed by atoms with Crippen molar-refractivity contribution >= 4 is 0 Å². The molecule has 24 heavy (non-hydrogen) atoms. The number of aliphatic hydroxyl groups excluding tert-OH is 1. The summed E-state index contributed by atoms with van der Waals surface area (Å²) in [5.74, 6) is -36.7. The van der Waals surface area contributed by atoms with Gasteiger partial charge < -0.3 is 5.11 Å². The van der Waals surface area contributed by atoms with Crippen LogP contribution in [0.4, 0.5) is 57.1 Å². The molecular formula is C10H9F13O. The molecule has 0 aromatic carbocycles. The normalized spacial score (nSPS) is 17.1. The molecule has 0 heterocycles. The van der Waals surface area contributed by atoms with E-state index in [9.17, 15) is 57.1 Å². The van der Waals surface area contributed by atoms with Crippen LogP contribution >= 0.6 is 0 Å².